The van der Waals surface area contributed by atoms with Crippen LogP contribution in [0.15, 0.2) is 47.4 Å². The highest BCUT2D eigenvalue weighted by Crippen LogP contribution is 2.27. The monoisotopic (exact) mass is 386 g/mol. The molecule has 1 saturated heterocycles. The van der Waals surface area contributed by atoms with Gasteiger partial charge in [-0.2, -0.15) is 4.31 Å². The van der Waals surface area contributed by atoms with E-state index in [0.29, 0.717) is 31.1 Å². The Labute approximate surface area is 163 Å². The molecule has 0 aliphatic carbocycles. The summed E-state index contributed by atoms with van der Waals surface area (Å²) in [6, 6.07) is 13.8. The molecule has 4 nitrogen and oxygen atoms in total. The van der Waals surface area contributed by atoms with Crippen LogP contribution in [0.1, 0.15) is 37.5 Å². The minimum Gasteiger partial charge on any atom is -0.369 e. The van der Waals surface area contributed by atoms with Crippen LogP contribution in [0.25, 0.3) is 0 Å². The molecule has 0 radical (unpaired) electrons. The summed E-state index contributed by atoms with van der Waals surface area (Å²) in [5, 5.41) is 0. The first-order valence-corrected chi connectivity index (χ1v) is 11.0. The standard InChI is InChI=1S/C22H30N2O2S/c1-17-6-7-18(2)21(16-17)23-12-14-24(15-13-23)27(25,26)20-10-8-19(9-11-20)22(3,4)5/h6-11,16H,12-15H2,1-5H3. The maximum Gasteiger partial charge on any atom is 0.243 e. The number of nitrogens with zero attached hydrogens (tertiary/aromatic N) is 2. The van der Waals surface area contributed by atoms with Gasteiger partial charge in [-0.05, 0) is 54.2 Å². The average Bonchev–Trinajstić information content (AvgIpc) is 2.63. The van der Waals surface area contributed by atoms with E-state index < -0.39 is 10.0 Å². The molecule has 0 atom stereocenters. The van der Waals surface area contributed by atoms with Gasteiger partial charge in [-0.25, -0.2) is 8.42 Å². The van der Waals surface area contributed by atoms with E-state index in [0.717, 1.165) is 5.56 Å². The van der Waals surface area contributed by atoms with Crippen molar-refractivity contribution in [2.24, 2.45) is 0 Å². The van der Waals surface area contributed by atoms with Gasteiger partial charge in [0.1, 0.15) is 0 Å². The Morgan fingerprint density at radius 2 is 1.44 bits per heavy atom. The third kappa shape index (κ3) is 4.19. The summed E-state index contributed by atoms with van der Waals surface area (Å²) in [7, 11) is -3.44. The molecule has 0 aromatic heterocycles. The van der Waals surface area contributed by atoms with Gasteiger partial charge in [0.15, 0.2) is 0 Å². The van der Waals surface area contributed by atoms with Crippen molar-refractivity contribution in [1.29, 1.82) is 0 Å². The summed E-state index contributed by atoms with van der Waals surface area (Å²) in [5.41, 5.74) is 4.82. The Bertz CT molecular complexity index is 904. The molecule has 0 amide bonds. The number of sulfonamides is 1. The zero-order valence-corrected chi connectivity index (χ0v) is 17.8. The molecule has 146 valence electrons. The van der Waals surface area contributed by atoms with Crippen molar-refractivity contribution in [1.82, 2.24) is 4.31 Å². The van der Waals surface area contributed by atoms with Crippen LogP contribution in [0.5, 0.6) is 0 Å². The third-order valence-electron chi connectivity index (χ3n) is 5.30. The first-order valence-electron chi connectivity index (χ1n) is 9.52. The van der Waals surface area contributed by atoms with Crippen LogP contribution in [0.4, 0.5) is 5.69 Å². The lowest BCUT2D eigenvalue weighted by Gasteiger charge is -2.36. The molecule has 0 unspecified atom stereocenters. The average molecular weight is 387 g/mol. The number of benzene rings is 2. The van der Waals surface area contributed by atoms with E-state index in [1.807, 2.05) is 12.1 Å². The lowest BCUT2D eigenvalue weighted by atomic mass is 9.87. The van der Waals surface area contributed by atoms with Crippen LogP contribution in [0, 0.1) is 13.8 Å². The van der Waals surface area contributed by atoms with E-state index in [1.54, 1.807) is 16.4 Å². The van der Waals surface area contributed by atoms with E-state index in [2.05, 4.69) is 57.7 Å². The highest BCUT2D eigenvalue weighted by molar-refractivity contribution is 7.89. The summed E-state index contributed by atoms with van der Waals surface area (Å²) in [6.45, 7) is 13.0. The molecule has 0 N–H and O–H groups in total. The van der Waals surface area contributed by atoms with Gasteiger partial charge in [0, 0.05) is 31.9 Å². The summed E-state index contributed by atoms with van der Waals surface area (Å²) in [4.78, 5) is 2.67. The van der Waals surface area contributed by atoms with Crippen molar-refractivity contribution in [2.75, 3.05) is 31.1 Å². The van der Waals surface area contributed by atoms with Gasteiger partial charge in [0.05, 0.1) is 4.90 Å². The van der Waals surface area contributed by atoms with Crippen LogP contribution < -0.4 is 4.90 Å². The largest absolute Gasteiger partial charge is 0.369 e. The third-order valence-corrected chi connectivity index (χ3v) is 7.21. The van der Waals surface area contributed by atoms with Gasteiger partial charge in [0.2, 0.25) is 10.0 Å². The highest BCUT2D eigenvalue weighted by atomic mass is 32.2. The molecule has 1 aliphatic heterocycles. The lowest BCUT2D eigenvalue weighted by Crippen LogP contribution is -2.48. The second-order valence-corrected chi connectivity index (χ2v) is 10.4. The molecular weight excluding hydrogens is 356 g/mol. The topological polar surface area (TPSA) is 40.6 Å². The Balaban J connectivity index is 1.74. The Kier molecular flexibility index (Phi) is 5.37. The molecule has 5 heteroatoms. The Morgan fingerprint density at radius 3 is 2.00 bits per heavy atom. The van der Waals surface area contributed by atoms with Crippen molar-refractivity contribution < 1.29 is 8.42 Å². The normalized spacial score (nSPS) is 16.6. The SMILES string of the molecule is Cc1ccc(C)c(N2CCN(S(=O)(=O)c3ccc(C(C)(C)C)cc3)CC2)c1. The smallest absolute Gasteiger partial charge is 0.243 e. The molecule has 0 bridgehead atoms. The fraction of sp³-hybridized carbons (Fsp3) is 0.455. The van der Waals surface area contributed by atoms with Crippen LogP contribution in [-0.2, 0) is 15.4 Å². The van der Waals surface area contributed by atoms with Gasteiger partial charge in [-0.3, -0.25) is 0 Å². The highest BCUT2D eigenvalue weighted by Gasteiger charge is 2.29. The van der Waals surface area contributed by atoms with Crippen LogP contribution in [-0.4, -0.2) is 38.9 Å². The molecule has 0 spiro atoms. The molecule has 1 fully saturated rings. The molecule has 3 rings (SSSR count). The maximum absolute atomic E-state index is 13.0. The summed E-state index contributed by atoms with van der Waals surface area (Å²) >= 11 is 0. The number of aryl methyl sites for hydroxylation is 2. The maximum atomic E-state index is 13.0. The van der Waals surface area contributed by atoms with Crippen molar-refractivity contribution in [3.8, 4) is 0 Å². The number of piperazine rings is 1. The fourth-order valence-electron chi connectivity index (χ4n) is 3.51. The van der Waals surface area contributed by atoms with Crippen molar-refractivity contribution >= 4 is 15.7 Å². The predicted octanol–water partition coefficient (Wildman–Crippen LogP) is 4.11. The van der Waals surface area contributed by atoms with Crippen LogP contribution in [0.2, 0.25) is 0 Å². The predicted molar refractivity (Wildman–Crippen MR) is 112 cm³/mol. The zero-order chi connectivity index (χ0) is 19.8. The first-order chi connectivity index (χ1) is 12.6. The van der Waals surface area contributed by atoms with E-state index in [4.69, 9.17) is 0 Å². The minimum absolute atomic E-state index is 0.0135. The van der Waals surface area contributed by atoms with Gasteiger partial charge >= 0.3 is 0 Å². The first kappa shape index (κ1) is 19.9. The quantitative estimate of drug-likeness (QED) is 0.797. The zero-order valence-electron chi connectivity index (χ0n) is 17.0. The molecule has 27 heavy (non-hydrogen) atoms. The van der Waals surface area contributed by atoms with Gasteiger partial charge in [0.25, 0.3) is 0 Å². The van der Waals surface area contributed by atoms with Crippen molar-refractivity contribution in [2.45, 2.75) is 44.9 Å². The summed E-state index contributed by atoms with van der Waals surface area (Å²) in [5.74, 6) is 0. The number of rotatable bonds is 3. The second-order valence-electron chi connectivity index (χ2n) is 8.46. The fourth-order valence-corrected chi connectivity index (χ4v) is 4.93. The van der Waals surface area contributed by atoms with Gasteiger partial charge < -0.3 is 4.90 Å². The minimum atomic E-state index is -3.44. The van der Waals surface area contributed by atoms with Crippen LogP contribution >= 0.6 is 0 Å². The number of hydrogen-bond acceptors (Lipinski definition) is 3. The Hall–Kier alpha value is -1.85. The van der Waals surface area contributed by atoms with E-state index in [1.165, 1.54) is 16.8 Å². The lowest BCUT2D eigenvalue weighted by molar-refractivity contribution is 0.384. The van der Waals surface area contributed by atoms with Gasteiger partial charge in [-0.15, -0.1) is 0 Å². The van der Waals surface area contributed by atoms with Gasteiger partial charge in [-0.1, -0.05) is 45.0 Å². The molecule has 2 aromatic rings. The van der Waals surface area contributed by atoms with E-state index in [-0.39, 0.29) is 5.41 Å². The van der Waals surface area contributed by atoms with Crippen molar-refractivity contribution in [3.05, 3.63) is 59.2 Å². The van der Waals surface area contributed by atoms with E-state index in [9.17, 15) is 8.42 Å². The molecular formula is C22H30N2O2S. The van der Waals surface area contributed by atoms with E-state index >= 15 is 0 Å². The van der Waals surface area contributed by atoms with Crippen molar-refractivity contribution in [3.63, 3.8) is 0 Å². The molecule has 0 saturated carbocycles. The molecule has 1 aliphatic rings. The summed E-state index contributed by atoms with van der Waals surface area (Å²) < 4.78 is 27.7. The number of anilines is 1. The summed E-state index contributed by atoms with van der Waals surface area (Å²) in [6.07, 6.45) is 0. The molecule has 1 heterocycles. The Morgan fingerprint density at radius 1 is 0.852 bits per heavy atom. The van der Waals surface area contributed by atoms with Crippen LogP contribution in [0.3, 0.4) is 0 Å². The number of hydrogen-bond donors (Lipinski definition) is 0. The molecule has 2 aromatic carbocycles. The second kappa shape index (κ2) is 7.28.